The molecular formula is C13H18FN3O2S. The van der Waals surface area contributed by atoms with E-state index in [0.717, 1.165) is 6.42 Å². The molecule has 1 N–H and O–H groups in total. The van der Waals surface area contributed by atoms with E-state index in [4.69, 9.17) is 0 Å². The Morgan fingerprint density at radius 2 is 2.15 bits per heavy atom. The van der Waals surface area contributed by atoms with E-state index in [0.29, 0.717) is 12.2 Å². The molecule has 0 fully saturated rings. The monoisotopic (exact) mass is 299 g/mol. The van der Waals surface area contributed by atoms with Crippen LogP contribution in [0, 0.1) is 5.82 Å². The SMILES string of the molecule is CCCc1nc(S(=O)(=O)NC(C)C)c2c(F)cccn12. The minimum Gasteiger partial charge on any atom is -0.300 e. The molecule has 0 bridgehead atoms. The van der Waals surface area contributed by atoms with Crippen molar-refractivity contribution in [2.45, 2.75) is 44.7 Å². The highest BCUT2D eigenvalue weighted by Gasteiger charge is 2.25. The normalized spacial score (nSPS) is 12.4. The summed E-state index contributed by atoms with van der Waals surface area (Å²) in [5.74, 6) is -0.0439. The van der Waals surface area contributed by atoms with Crippen LogP contribution in [0.1, 0.15) is 33.0 Å². The number of imidazole rings is 1. The molecule has 0 spiro atoms. The van der Waals surface area contributed by atoms with E-state index in [1.54, 1.807) is 20.0 Å². The second-order valence-corrected chi connectivity index (χ2v) is 6.56. The van der Waals surface area contributed by atoms with Crippen molar-refractivity contribution in [3.8, 4) is 0 Å². The Hall–Kier alpha value is -1.47. The fourth-order valence-corrected chi connectivity index (χ4v) is 3.49. The number of fused-ring (bicyclic) bond motifs is 1. The smallest absolute Gasteiger partial charge is 0.260 e. The first-order chi connectivity index (χ1) is 9.36. The van der Waals surface area contributed by atoms with Crippen LogP contribution in [-0.4, -0.2) is 23.8 Å². The number of hydrogen-bond donors (Lipinski definition) is 1. The molecule has 20 heavy (non-hydrogen) atoms. The van der Waals surface area contributed by atoms with Gasteiger partial charge >= 0.3 is 0 Å². The third kappa shape index (κ3) is 2.69. The maximum absolute atomic E-state index is 14.0. The molecule has 2 aromatic rings. The number of aromatic nitrogens is 2. The molecule has 0 saturated carbocycles. The fraction of sp³-hybridized carbons (Fsp3) is 0.462. The zero-order valence-corrected chi connectivity index (χ0v) is 12.5. The lowest BCUT2D eigenvalue weighted by molar-refractivity contribution is 0.566. The molecule has 0 amide bonds. The second kappa shape index (κ2) is 5.49. The van der Waals surface area contributed by atoms with Crippen LogP contribution in [0.2, 0.25) is 0 Å². The van der Waals surface area contributed by atoms with Gasteiger partial charge in [0.05, 0.1) is 0 Å². The highest BCUT2D eigenvalue weighted by molar-refractivity contribution is 7.89. The van der Waals surface area contributed by atoms with Crippen molar-refractivity contribution >= 4 is 15.5 Å². The summed E-state index contributed by atoms with van der Waals surface area (Å²) >= 11 is 0. The zero-order chi connectivity index (χ0) is 14.9. The van der Waals surface area contributed by atoms with Gasteiger partial charge in [-0.15, -0.1) is 0 Å². The minimum absolute atomic E-state index is 0.00380. The van der Waals surface area contributed by atoms with Gasteiger partial charge in [-0.3, -0.25) is 4.40 Å². The van der Waals surface area contributed by atoms with E-state index in [1.165, 1.54) is 16.5 Å². The van der Waals surface area contributed by atoms with E-state index in [9.17, 15) is 12.8 Å². The Morgan fingerprint density at radius 3 is 2.75 bits per heavy atom. The maximum atomic E-state index is 14.0. The van der Waals surface area contributed by atoms with Crippen molar-refractivity contribution in [1.82, 2.24) is 14.1 Å². The van der Waals surface area contributed by atoms with Crippen molar-refractivity contribution in [1.29, 1.82) is 0 Å². The lowest BCUT2D eigenvalue weighted by Gasteiger charge is -2.07. The van der Waals surface area contributed by atoms with Crippen molar-refractivity contribution < 1.29 is 12.8 Å². The van der Waals surface area contributed by atoms with Gasteiger partial charge in [0.15, 0.2) is 5.03 Å². The molecular weight excluding hydrogens is 281 g/mol. The molecule has 0 aliphatic rings. The number of hydrogen-bond acceptors (Lipinski definition) is 3. The third-order valence-corrected chi connectivity index (χ3v) is 4.35. The lowest BCUT2D eigenvalue weighted by Crippen LogP contribution is -2.30. The van der Waals surface area contributed by atoms with E-state index in [-0.39, 0.29) is 16.6 Å². The van der Waals surface area contributed by atoms with E-state index < -0.39 is 15.8 Å². The summed E-state index contributed by atoms with van der Waals surface area (Å²) in [6.45, 7) is 5.37. The van der Waals surface area contributed by atoms with Crippen LogP contribution in [0.4, 0.5) is 4.39 Å². The highest BCUT2D eigenvalue weighted by atomic mass is 32.2. The van der Waals surface area contributed by atoms with Crippen molar-refractivity contribution in [2.24, 2.45) is 0 Å². The largest absolute Gasteiger partial charge is 0.300 e. The number of nitrogens with zero attached hydrogens (tertiary/aromatic N) is 2. The summed E-state index contributed by atoms with van der Waals surface area (Å²) in [5.41, 5.74) is 0.00380. The summed E-state index contributed by atoms with van der Waals surface area (Å²) < 4.78 is 42.5. The van der Waals surface area contributed by atoms with Crippen LogP contribution in [0.3, 0.4) is 0 Å². The summed E-state index contributed by atoms with van der Waals surface area (Å²) in [5, 5.41) is -0.243. The number of nitrogens with one attached hydrogen (secondary N) is 1. The first-order valence-corrected chi connectivity index (χ1v) is 8.03. The first kappa shape index (κ1) is 14.9. The summed E-state index contributed by atoms with van der Waals surface area (Å²) in [6.07, 6.45) is 3.01. The fourth-order valence-electron chi connectivity index (χ4n) is 2.08. The molecule has 0 saturated heterocycles. The molecule has 110 valence electrons. The van der Waals surface area contributed by atoms with Gasteiger partial charge in [0.2, 0.25) is 0 Å². The van der Waals surface area contributed by atoms with Gasteiger partial charge in [-0.1, -0.05) is 6.92 Å². The zero-order valence-electron chi connectivity index (χ0n) is 11.7. The Bertz CT molecular complexity index is 723. The van der Waals surface area contributed by atoms with Gasteiger partial charge in [-0.25, -0.2) is 22.5 Å². The lowest BCUT2D eigenvalue weighted by atomic mass is 10.3. The van der Waals surface area contributed by atoms with E-state index >= 15 is 0 Å². The molecule has 7 heteroatoms. The van der Waals surface area contributed by atoms with Crippen LogP contribution in [0.5, 0.6) is 0 Å². The minimum atomic E-state index is -3.83. The Morgan fingerprint density at radius 1 is 1.45 bits per heavy atom. The quantitative estimate of drug-likeness (QED) is 0.919. The van der Waals surface area contributed by atoms with Gasteiger partial charge in [0.1, 0.15) is 17.2 Å². The van der Waals surface area contributed by atoms with E-state index in [1.807, 2.05) is 6.92 Å². The average Bonchev–Trinajstić information content (AvgIpc) is 2.69. The van der Waals surface area contributed by atoms with Crippen molar-refractivity contribution in [3.63, 3.8) is 0 Å². The van der Waals surface area contributed by atoms with Gasteiger partial charge < -0.3 is 0 Å². The molecule has 5 nitrogen and oxygen atoms in total. The Balaban J connectivity index is 2.70. The second-order valence-electron chi connectivity index (χ2n) is 4.93. The number of rotatable bonds is 5. The number of aryl methyl sites for hydroxylation is 1. The van der Waals surface area contributed by atoms with Crippen molar-refractivity contribution in [3.05, 3.63) is 30.0 Å². The number of halogens is 1. The van der Waals surface area contributed by atoms with Crippen LogP contribution < -0.4 is 4.72 Å². The first-order valence-electron chi connectivity index (χ1n) is 6.54. The maximum Gasteiger partial charge on any atom is 0.260 e. The molecule has 0 radical (unpaired) electrons. The topological polar surface area (TPSA) is 63.5 Å². The van der Waals surface area contributed by atoms with Crippen LogP contribution in [0.25, 0.3) is 5.52 Å². The Labute approximate surface area is 117 Å². The van der Waals surface area contributed by atoms with Gasteiger partial charge in [0.25, 0.3) is 10.0 Å². The van der Waals surface area contributed by atoms with Gasteiger partial charge in [0, 0.05) is 18.7 Å². The predicted octanol–water partition coefficient (Wildman–Crippen LogP) is 2.11. The summed E-state index contributed by atoms with van der Waals surface area (Å²) in [7, 11) is -3.83. The molecule has 0 aliphatic heterocycles. The molecule has 2 heterocycles. The molecule has 2 rings (SSSR count). The van der Waals surface area contributed by atoms with Crippen LogP contribution in [0.15, 0.2) is 23.4 Å². The molecule has 0 aliphatic carbocycles. The third-order valence-electron chi connectivity index (χ3n) is 2.78. The molecule has 0 atom stereocenters. The van der Waals surface area contributed by atoms with Crippen LogP contribution >= 0.6 is 0 Å². The number of sulfonamides is 1. The highest BCUT2D eigenvalue weighted by Crippen LogP contribution is 2.22. The average molecular weight is 299 g/mol. The van der Waals surface area contributed by atoms with E-state index in [2.05, 4.69) is 9.71 Å². The molecule has 2 aromatic heterocycles. The number of pyridine rings is 1. The Kier molecular flexibility index (Phi) is 4.10. The van der Waals surface area contributed by atoms with Gasteiger partial charge in [-0.05, 0) is 32.4 Å². The summed E-state index contributed by atoms with van der Waals surface area (Å²) in [4.78, 5) is 4.14. The van der Waals surface area contributed by atoms with Crippen LogP contribution in [-0.2, 0) is 16.4 Å². The molecule has 0 aromatic carbocycles. The summed E-state index contributed by atoms with van der Waals surface area (Å²) in [6, 6.07) is 2.49. The predicted molar refractivity (Wildman–Crippen MR) is 74.6 cm³/mol. The van der Waals surface area contributed by atoms with Crippen molar-refractivity contribution in [2.75, 3.05) is 0 Å². The molecule has 0 unspecified atom stereocenters. The standard InChI is InChI=1S/C13H18FN3O2S/c1-4-6-11-15-13(20(18,19)16-9(2)3)12-10(14)7-5-8-17(11)12/h5,7-9,16H,4,6H2,1-3H3. The van der Waals surface area contributed by atoms with Gasteiger partial charge in [-0.2, -0.15) is 0 Å².